The minimum Gasteiger partial charge on any atom is -0.481 e. The maximum absolute atomic E-state index is 13.1. The second kappa shape index (κ2) is 8.38. The van der Waals surface area contributed by atoms with Crippen molar-refractivity contribution in [2.75, 3.05) is 6.79 Å². The fraction of sp³-hybridized carbons (Fsp3) is 0.231. The summed E-state index contributed by atoms with van der Waals surface area (Å²) in [5.74, 6) is 0.266. The molecule has 1 aliphatic rings. The molecule has 0 spiro atoms. The van der Waals surface area contributed by atoms with Crippen LogP contribution in [-0.2, 0) is 16.8 Å². The van der Waals surface area contributed by atoms with Gasteiger partial charge >= 0.3 is 5.97 Å². The molecule has 0 fully saturated rings. The Labute approximate surface area is 186 Å². The van der Waals surface area contributed by atoms with Gasteiger partial charge in [-0.2, -0.15) is 0 Å². The third-order valence-corrected chi connectivity index (χ3v) is 5.66. The van der Waals surface area contributed by atoms with Crippen molar-refractivity contribution in [3.05, 3.63) is 88.8 Å². The van der Waals surface area contributed by atoms with Crippen LogP contribution in [0, 0.1) is 6.92 Å². The van der Waals surface area contributed by atoms with Gasteiger partial charge in [0.05, 0.1) is 11.1 Å². The normalized spacial score (nSPS) is 13.0. The van der Waals surface area contributed by atoms with Crippen LogP contribution in [-0.4, -0.2) is 28.2 Å². The van der Waals surface area contributed by atoms with Gasteiger partial charge in [-0.3, -0.25) is 9.59 Å². The van der Waals surface area contributed by atoms with E-state index in [1.165, 1.54) is 0 Å². The summed E-state index contributed by atoms with van der Waals surface area (Å²) in [6.07, 6.45) is 5.84. The Morgan fingerprint density at radius 3 is 2.66 bits per heavy atom. The zero-order valence-electron chi connectivity index (χ0n) is 18.3. The molecule has 0 saturated heterocycles. The summed E-state index contributed by atoms with van der Waals surface area (Å²) in [6, 6.07) is 14.6. The van der Waals surface area contributed by atoms with Crippen LogP contribution in [0.1, 0.15) is 46.6 Å². The van der Waals surface area contributed by atoms with E-state index in [1.807, 2.05) is 60.2 Å². The Morgan fingerprint density at radius 2 is 1.88 bits per heavy atom. The van der Waals surface area contributed by atoms with Gasteiger partial charge in [0.25, 0.3) is 0 Å². The predicted molar refractivity (Wildman–Crippen MR) is 121 cm³/mol. The topological polar surface area (TPSA) is 77.8 Å². The smallest absolute Gasteiger partial charge is 0.313 e. The summed E-state index contributed by atoms with van der Waals surface area (Å²) < 4.78 is 12.6. The number of hydrogen-bond donors (Lipinski definition) is 1. The molecule has 0 aliphatic carbocycles. The molecular formula is C26H25NO5. The maximum atomic E-state index is 13.1. The van der Waals surface area contributed by atoms with Crippen LogP contribution in [0.15, 0.2) is 60.8 Å². The highest BCUT2D eigenvalue weighted by molar-refractivity contribution is 6.08. The van der Waals surface area contributed by atoms with Gasteiger partial charge in [0.15, 0.2) is 11.5 Å². The monoisotopic (exact) mass is 431 g/mol. The number of aliphatic carboxylic acids is 1. The minimum absolute atomic E-state index is 0.0880. The van der Waals surface area contributed by atoms with E-state index in [1.54, 1.807) is 32.0 Å². The molecule has 1 aromatic heterocycles. The molecular weight excluding hydrogens is 406 g/mol. The van der Waals surface area contributed by atoms with Gasteiger partial charge in [-0.25, -0.2) is 0 Å². The first-order chi connectivity index (χ1) is 15.3. The highest BCUT2D eigenvalue weighted by atomic mass is 16.7. The molecule has 164 valence electrons. The molecule has 0 atom stereocenters. The van der Waals surface area contributed by atoms with Crippen molar-refractivity contribution in [2.45, 2.75) is 32.7 Å². The fourth-order valence-electron chi connectivity index (χ4n) is 3.64. The molecule has 0 radical (unpaired) electrons. The number of carboxylic acids is 1. The lowest BCUT2D eigenvalue weighted by molar-refractivity contribution is -0.142. The quantitative estimate of drug-likeness (QED) is 0.542. The van der Waals surface area contributed by atoms with Crippen molar-refractivity contribution in [3.63, 3.8) is 0 Å². The van der Waals surface area contributed by atoms with Gasteiger partial charge < -0.3 is 19.1 Å². The molecule has 32 heavy (non-hydrogen) atoms. The van der Waals surface area contributed by atoms with E-state index in [4.69, 9.17) is 9.47 Å². The Morgan fingerprint density at radius 1 is 1.09 bits per heavy atom. The number of allylic oxidation sites excluding steroid dienone is 1. The van der Waals surface area contributed by atoms with Crippen molar-refractivity contribution in [1.82, 2.24) is 4.57 Å². The molecule has 3 aromatic rings. The third kappa shape index (κ3) is 4.17. The Bertz CT molecular complexity index is 1220. The van der Waals surface area contributed by atoms with Crippen LogP contribution in [0.3, 0.4) is 0 Å². The van der Waals surface area contributed by atoms with Gasteiger partial charge in [0.1, 0.15) is 0 Å². The number of nitrogens with zero attached hydrogens (tertiary/aromatic N) is 1. The molecule has 2 aromatic carbocycles. The van der Waals surface area contributed by atoms with Crippen LogP contribution in [0.2, 0.25) is 0 Å². The number of aromatic nitrogens is 1. The molecule has 1 N–H and O–H groups in total. The summed E-state index contributed by atoms with van der Waals surface area (Å²) in [4.78, 5) is 24.7. The summed E-state index contributed by atoms with van der Waals surface area (Å²) in [7, 11) is 0. The number of ketones is 1. The molecule has 6 heteroatoms. The molecule has 2 heterocycles. The lowest BCUT2D eigenvalue weighted by Crippen LogP contribution is -2.28. The molecule has 1 aliphatic heterocycles. The number of rotatable bonds is 7. The second-order valence-electron chi connectivity index (χ2n) is 8.41. The van der Waals surface area contributed by atoms with E-state index in [0.717, 1.165) is 16.7 Å². The van der Waals surface area contributed by atoms with E-state index in [0.29, 0.717) is 29.3 Å². The number of carbonyl (C=O) groups excluding carboxylic acids is 1. The van der Waals surface area contributed by atoms with Crippen LogP contribution < -0.4 is 9.47 Å². The number of ether oxygens (including phenoxy) is 2. The van der Waals surface area contributed by atoms with Gasteiger partial charge in [-0.1, -0.05) is 36.4 Å². The Hall–Kier alpha value is -3.80. The van der Waals surface area contributed by atoms with E-state index in [2.05, 4.69) is 0 Å². The predicted octanol–water partition coefficient (Wildman–Crippen LogP) is 4.83. The molecule has 0 saturated carbocycles. The Balaban J connectivity index is 1.54. The number of carbonyl (C=O) groups is 2. The first-order valence-corrected chi connectivity index (χ1v) is 10.4. The Kier molecular flexibility index (Phi) is 5.61. The third-order valence-electron chi connectivity index (χ3n) is 5.66. The first kappa shape index (κ1) is 21.4. The standard InChI is InChI=1S/C26H25NO5/c1-17-12-21(24(28)19-9-10-22-23(14-19)32-16-31-22)27(15-17)11-5-7-18-6-4-8-20(13-18)26(2,3)25(29)30/h4-10,12-15H,11,16H2,1-3H3,(H,29,30). The van der Waals surface area contributed by atoms with E-state index in [-0.39, 0.29) is 12.6 Å². The zero-order valence-corrected chi connectivity index (χ0v) is 18.3. The highest BCUT2D eigenvalue weighted by Crippen LogP contribution is 2.33. The average Bonchev–Trinajstić information content (AvgIpc) is 3.39. The lowest BCUT2D eigenvalue weighted by atomic mass is 9.84. The summed E-state index contributed by atoms with van der Waals surface area (Å²) in [5.41, 5.74) is 2.80. The van der Waals surface area contributed by atoms with Gasteiger partial charge in [-0.05, 0) is 61.7 Å². The van der Waals surface area contributed by atoms with E-state index >= 15 is 0 Å². The van der Waals surface area contributed by atoms with E-state index < -0.39 is 11.4 Å². The van der Waals surface area contributed by atoms with Crippen LogP contribution in [0.4, 0.5) is 0 Å². The van der Waals surface area contributed by atoms with Crippen LogP contribution in [0.25, 0.3) is 6.08 Å². The van der Waals surface area contributed by atoms with Crippen molar-refractivity contribution < 1.29 is 24.2 Å². The summed E-state index contributed by atoms with van der Waals surface area (Å²) >= 11 is 0. The van der Waals surface area contributed by atoms with Gasteiger partial charge in [0, 0.05) is 18.3 Å². The number of fused-ring (bicyclic) bond motifs is 1. The van der Waals surface area contributed by atoms with Crippen molar-refractivity contribution in [2.24, 2.45) is 0 Å². The van der Waals surface area contributed by atoms with Gasteiger partial charge in [0.2, 0.25) is 12.6 Å². The van der Waals surface area contributed by atoms with E-state index in [9.17, 15) is 14.7 Å². The second-order valence-corrected chi connectivity index (χ2v) is 8.41. The van der Waals surface area contributed by atoms with Crippen molar-refractivity contribution in [1.29, 1.82) is 0 Å². The number of carboxylic acid groups (broad SMARTS) is 1. The van der Waals surface area contributed by atoms with Crippen molar-refractivity contribution in [3.8, 4) is 11.5 Å². The molecule has 4 rings (SSSR count). The van der Waals surface area contributed by atoms with Crippen LogP contribution in [0.5, 0.6) is 11.5 Å². The largest absolute Gasteiger partial charge is 0.481 e. The summed E-state index contributed by atoms with van der Waals surface area (Å²) in [6.45, 7) is 6.00. The van der Waals surface area contributed by atoms with Gasteiger partial charge in [-0.15, -0.1) is 0 Å². The number of benzene rings is 2. The minimum atomic E-state index is -0.967. The zero-order chi connectivity index (χ0) is 22.9. The summed E-state index contributed by atoms with van der Waals surface area (Å²) in [5, 5.41) is 9.47. The lowest BCUT2D eigenvalue weighted by Gasteiger charge is -2.19. The number of aryl methyl sites for hydroxylation is 1. The molecule has 0 amide bonds. The highest BCUT2D eigenvalue weighted by Gasteiger charge is 2.29. The molecule has 0 bridgehead atoms. The number of hydrogen-bond acceptors (Lipinski definition) is 4. The van der Waals surface area contributed by atoms with Crippen LogP contribution >= 0.6 is 0 Å². The SMILES string of the molecule is Cc1cc(C(=O)c2ccc3c(c2)OCO3)n(CC=Cc2cccc(C(C)(C)C(=O)O)c2)c1. The maximum Gasteiger partial charge on any atom is 0.313 e. The fourth-order valence-corrected chi connectivity index (χ4v) is 3.64. The first-order valence-electron chi connectivity index (χ1n) is 10.4. The molecule has 6 nitrogen and oxygen atoms in total. The van der Waals surface area contributed by atoms with Crippen molar-refractivity contribution >= 4 is 17.8 Å². The average molecular weight is 431 g/mol. The molecule has 0 unspecified atom stereocenters.